The number of nitrogens with zero attached hydrogens (tertiary/aromatic N) is 1. The lowest BCUT2D eigenvalue weighted by Crippen LogP contribution is -2.24. The summed E-state index contributed by atoms with van der Waals surface area (Å²) >= 11 is 0. The van der Waals surface area contributed by atoms with E-state index < -0.39 is 11.9 Å². The summed E-state index contributed by atoms with van der Waals surface area (Å²) in [6, 6.07) is 31.0. The summed E-state index contributed by atoms with van der Waals surface area (Å²) in [7, 11) is 0. The topological polar surface area (TPSA) is 86.2 Å². The predicted octanol–water partition coefficient (Wildman–Crippen LogP) is 5.32. The molecule has 1 amide bonds. The van der Waals surface area contributed by atoms with Crippen LogP contribution in [0.1, 0.15) is 27.0 Å². The van der Waals surface area contributed by atoms with E-state index in [4.69, 9.17) is 14.2 Å². The SMILES string of the molecule is Cc1ccccc1C(=O)Oc1ccc(/C=N\NC(=O)COc2ccc(OCc3ccccc3)cc2)cc1. The van der Waals surface area contributed by atoms with Gasteiger partial charge < -0.3 is 14.2 Å². The summed E-state index contributed by atoms with van der Waals surface area (Å²) < 4.78 is 16.7. The number of benzene rings is 4. The molecule has 4 aromatic rings. The first kappa shape index (κ1) is 25.2. The molecule has 0 spiro atoms. The zero-order valence-corrected chi connectivity index (χ0v) is 20.3. The Hall–Kier alpha value is -4.91. The largest absolute Gasteiger partial charge is 0.489 e. The van der Waals surface area contributed by atoms with Crippen molar-refractivity contribution < 1.29 is 23.8 Å². The minimum absolute atomic E-state index is 0.185. The Bertz CT molecular complexity index is 1350. The highest BCUT2D eigenvalue weighted by Gasteiger charge is 2.10. The second-order valence-electron chi connectivity index (χ2n) is 8.10. The number of nitrogens with one attached hydrogen (secondary N) is 1. The van der Waals surface area contributed by atoms with E-state index in [0.29, 0.717) is 29.4 Å². The zero-order chi connectivity index (χ0) is 25.9. The molecule has 0 aliphatic heterocycles. The average Bonchev–Trinajstić information content (AvgIpc) is 2.93. The monoisotopic (exact) mass is 494 g/mol. The van der Waals surface area contributed by atoms with Gasteiger partial charge in [0.25, 0.3) is 5.91 Å². The second-order valence-corrected chi connectivity index (χ2v) is 8.10. The molecule has 7 heteroatoms. The maximum absolute atomic E-state index is 12.3. The minimum Gasteiger partial charge on any atom is -0.489 e. The molecule has 1 N–H and O–H groups in total. The minimum atomic E-state index is -0.416. The van der Waals surface area contributed by atoms with Gasteiger partial charge in [0.15, 0.2) is 6.61 Å². The van der Waals surface area contributed by atoms with E-state index in [0.717, 1.165) is 16.7 Å². The molecular weight excluding hydrogens is 468 g/mol. The maximum Gasteiger partial charge on any atom is 0.343 e. The smallest absolute Gasteiger partial charge is 0.343 e. The first-order valence-electron chi connectivity index (χ1n) is 11.7. The van der Waals surface area contributed by atoms with Gasteiger partial charge in [-0.15, -0.1) is 0 Å². The molecule has 0 fully saturated rings. The van der Waals surface area contributed by atoms with Gasteiger partial charge in [0.2, 0.25) is 0 Å². The summed E-state index contributed by atoms with van der Waals surface area (Å²) in [5.74, 6) is 0.855. The Labute approximate surface area is 215 Å². The highest BCUT2D eigenvalue weighted by Crippen LogP contribution is 2.19. The Morgan fingerprint density at radius 3 is 2.08 bits per heavy atom. The third-order valence-electron chi connectivity index (χ3n) is 5.30. The average molecular weight is 495 g/mol. The van der Waals surface area contributed by atoms with Crippen LogP contribution in [-0.4, -0.2) is 24.7 Å². The van der Waals surface area contributed by atoms with Crippen molar-refractivity contribution in [2.75, 3.05) is 6.61 Å². The van der Waals surface area contributed by atoms with Gasteiger partial charge in [0.1, 0.15) is 23.9 Å². The number of amides is 1. The van der Waals surface area contributed by atoms with Crippen LogP contribution in [0.25, 0.3) is 0 Å². The number of hydrazone groups is 1. The third kappa shape index (κ3) is 7.80. The van der Waals surface area contributed by atoms with Crippen LogP contribution in [0.4, 0.5) is 0 Å². The van der Waals surface area contributed by atoms with Crippen LogP contribution >= 0.6 is 0 Å². The second kappa shape index (κ2) is 12.7. The van der Waals surface area contributed by atoms with Crippen molar-refractivity contribution in [3.05, 3.63) is 125 Å². The Morgan fingerprint density at radius 1 is 0.757 bits per heavy atom. The van der Waals surface area contributed by atoms with Crippen molar-refractivity contribution in [3.63, 3.8) is 0 Å². The van der Waals surface area contributed by atoms with Crippen LogP contribution in [-0.2, 0) is 11.4 Å². The van der Waals surface area contributed by atoms with E-state index in [-0.39, 0.29) is 6.61 Å². The van der Waals surface area contributed by atoms with Crippen molar-refractivity contribution >= 4 is 18.1 Å². The molecule has 0 bridgehead atoms. The summed E-state index contributed by atoms with van der Waals surface area (Å²) in [5.41, 5.74) is 5.59. The molecule has 37 heavy (non-hydrogen) atoms. The summed E-state index contributed by atoms with van der Waals surface area (Å²) in [6.07, 6.45) is 1.49. The van der Waals surface area contributed by atoms with Crippen LogP contribution in [0.5, 0.6) is 17.2 Å². The normalized spacial score (nSPS) is 10.6. The van der Waals surface area contributed by atoms with Gasteiger partial charge in [-0.25, -0.2) is 10.2 Å². The van der Waals surface area contributed by atoms with Gasteiger partial charge in [-0.3, -0.25) is 4.79 Å². The number of aryl methyl sites for hydroxylation is 1. The molecule has 0 unspecified atom stereocenters. The highest BCUT2D eigenvalue weighted by atomic mass is 16.5. The quantitative estimate of drug-likeness (QED) is 0.140. The van der Waals surface area contributed by atoms with Gasteiger partial charge in [0.05, 0.1) is 11.8 Å². The molecular formula is C30H26N2O5. The molecule has 0 atom stereocenters. The molecule has 186 valence electrons. The third-order valence-corrected chi connectivity index (χ3v) is 5.30. The van der Waals surface area contributed by atoms with Crippen molar-refractivity contribution in [2.24, 2.45) is 5.10 Å². The van der Waals surface area contributed by atoms with E-state index in [2.05, 4.69) is 10.5 Å². The fourth-order valence-electron chi connectivity index (χ4n) is 3.32. The van der Waals surface area contributed by atoms with E-state index in [1.165, 1.54) is 6.21 Å². The first-order valence-corrected chi connectivity index (χ1v) is 11.7. The lowest BCUT2D eigenvalue weighted by atomic mass is 10.1. The standard InChI is InChI=1S/C30H26N2O5/c1-22-7-5-6-10-28(22)30(34)37-27-13-11-23(12-14-27)19-31-32-29(33)21-36-26-17-15-25(16-18-26)35-20-24-8-3-2-4-9-24/h2-19H,20-21H2,1H3,(H,32,33)/b31-19-. The first-order chi connectivity index (χ1) is 18.1. The van der Waals surface area contributed by atoms with Crippen molar-refractivity contribution in [2.45, 2.75) is 13.5 Å². The van der Waals surface area contributed by atoms with Crippen LogP contribution in [0.3, 0.4) is 0 Å². The van der Waals surface area contributed by atoms with Crippen LogP contribution in [0, 0.1) is 6.92 Å². The highest BCUT2D eigenvalue weighted by molar-refractivity contribution is 5.92. The fourth-order valence-corrected chi connectivity index (χ4v) is 3.32. The number of carbonyl (C=O) groups is 2. The van der Waals surface area contributed by atoms with Crippen LogP contribution < -0.4 is 19.6 Å². The number of esters is 1. The molecule has 4 rings (SSSR count). The van der Waals surface area contributed by atoms with Gasteiger partial charge in [-0.05, 0) is 78.2 Å². The molecule has 0 saturated heterocycles. The summed E-state index contributed by atoms with van der Waals surface area (Å²) in [4.78, 5) is 24.4. The maximum atomic E-state index is 12.3. The Kier molecular flexibility index (Phi) is 8.64. The number of hydrogen-bond donors (Lipinski definition) is 1. The van der Waals surface area contributed by atoms with E-state index >= 15 is 0 Å². The molecule has 0 heterocycles. The fraction of sp³-hybridized carbons (Fsp3) is 0.100. The van der Waals surface area contributed by atoms with Crippen molar-refractivity contribution in [1.29, 1.82) is 0 Å². The van der Waals surface area contributed by atoms with E-state index in [1.54, 1.807) is 60.7 Å². The molecule has 0 saturated carbocycles. The molecule has 0 aliphatic rings. The van der Waals surface area contributed by atoms with E-state index in [1.807, 2.05) is 49.4 Å². The van der Waals surface area contributed by atoms with E-state index in [9.17, 15) is 9.59 Å². The number of carbonyl (C=O) groups excluding carboxylic acids is 2. The van der Waals surface area contributed by atoms with Gasteiger partial charge in [-0.2, -0.15) is 5.10 Å². The lowest BCUT2D eigenvalue weighted by Gasteiger charge is -2.08. The van der Waals surface area contributed by atoms with Crippen LogP contribution in [0.15, 0.2) is 108 Å². The zero-order valence-electron chi connectivity index (χ0n) is 20.3. The molecule has 4 aromatic carbocycles. The molecule has 0 radical (unpaired) electrons. The number of hydrogen-bond acceptors (Lipinski definition) is 6. The number of rotatable bonds is 10. The predicted molar refractivity (Wildman–Crippen MR) is 141 cm³/mol. The van der Waals surface area contributed by atoms with Gasteiger partial charge in [-0.1, -0.05) is 48.5 Å². The molecule has 0 aliphatic carbocycles. The lowest BCUT2D eigenvalue weighted by molar-refractivity contribution is -0.123. The van der Waals surface area contributed by atoms with Gasteiger partial charge >= 0.3 is 5.97 Å². The number of ether oxygens (including phenoxy) is 3. The molecule has 0 aromatic heterocycles. The summed E-state index contributed by atoms with van der Waals surface area (Å²) in [6.45, 7) is 2.15. The van der Waals surface area contributed by atoms with Crippen LogP contribution in [0.2, 0.25) is 0 Å². The van der Waals surface area contributed by atoms with Crippen molar-refractivity contribution in [1.82, 2.24) is 5.43 Å². The van der Waals surface area contributed by atoms with Gasteiger partial charge in [0, 0.05) is 0 Å². The Morgan fingerprint density at radius 2 is 1.38 bits per heavy atom. The van der Waals surface area contributed by atoms with Crippen molar-refractivity contribution in [3.8, 4) is 17.2 Å². The summed E-state index contributed by atoms with van der Waals surface area (Å²) in [5, 5.41) is 3.94. The Balaban J connectivity index is 1.18. The molecule has 7 nitrogen and oxygen atoms in total.